The number of nitrogens with zero attached hydrogens (tertiary/aromatic N) is 2. The van der Waals surface area contributed by atoms with Gasteiger partial charge in [-0.1, -0.05) is 24.3 Å². The van der Waals surface area contributed by atoms with Crippen molar-refractivity contribution in [1.82, 2.24) is 14.9 Å². The van der Waals surface area contributed by atoms with Gasteiger partial charge in [-0.05, 0) is 42.3 Å². The van der Waals surface area contributed by atoms with Gasteiger partial charge >= 0.3 is 0 Å². The molecule has 7 heteroatoms. The minimum absolute atomic E-state index is 0.0881. The van der Waals surface area contributed by atoms with Crippen molar-refractivity contribution in [3.05, 3.63) is 77.4 Å². The fourth-order valence-corrected chi connectivity index (χ4v) is 3.51. The Morgan fingerprint density at radius 2 is 2.07 bits per heavy atom. The van der Waals surface area contributed by atoms with Crippen LogP contribution < -0.4 is 14.8 Å². The van der Waals surface area contributed by atoms with E-state index in [1.165, 1.54) is 0 Å². The SMILES string of the molecule is CCOc1cccc(CNC(=O)c2ncn3c2COC(c2ccc(OC)cc2)C3)c1. The van der Waals surface area contributed by atoms with Crippen LogP contribution in [0.5, 0.6) is 11.5 Å². The molecule has 0 aliphatic carbocycles. The van der Waals surface area contributed by atoms with Crippen molar-refractivity contribution in [1.29, 1.82) is 0 Å². The zero-order valence-electron chi connectivity index (χ0n) is 17.1. The Kier molecular flexibility index (Phi) is 5.99. The predicted molar refractivity (Wildman–Crippen MR) is 112 cm³/mol. The summed E-state index contributed by atoms with van der Waals surface area (Å²) >= 11 is 0. The van der Waals surface area contributed by atoms with Gasteiger partial charge in [0.25, 0.3) is 5.91 Å². The van der Waals surface area contributed by atoms with E-state index in [4.69, 9.17) is 14.2 Å². The van der Waals surface area contributed by atoms with Gasteiger partial charge in [-0.25, -0.2) is 4.98 Å². The number of rotatable bonds is 7. The zero-order chi connectivity index (χ0) is 20.9. The summed E-state index contributed by atoms with van der Waals surface area (Å²) in [5.41, 5.74) is 3.23. The van der Waals surface area contributed by atoms with Gasteiger partial charge < -0.3 is 24.1 Å². The van der Waals surface area contributed by atoms with Gasteiger partial charge in [0.05, 0.1) is 38.9 Å². The highest BCUT2D eigenvalue weighted by atomic mass is 16.5. The maximum Gasteiger partial charge on any atom is 0.272 e. The molecule has 1 unspecified atom stereocenters. The van der Waals surface area contributed by atoms with E-state index in [2.05, 4.69) is 10.3 Å². The van der Waals surface area contributed by atoms with E-state index in [1.807, 2.05) is 60.0 Å². The lowest BCUT2D eigenvalue weighted by Crippen LogP contribution is -2.27. The average molecular weight is 407 g/mol. The third kappa shape index (κ3) is 4.31. The Balaban J connectivity index is 1.40. The number of methoxy groups -OCH3 is 1. The molecule has 2 aromatic carbocycles. The van der Waals surface area contributed by atoms with Crippen LogP contribution in [-0.4, -0.2) is 29.2 Å². The van der Waals surface area contributed by atoms with Crippen molar-refractivity contribution in [2.24, 2.45) is 0 Å². The second kappa shape index (κ2) is 9.00. The lowest BCUT2D eigenvalue weighted by Gasteiger charge is -2.25. The summed E-state index contributed by atoms with van der Waals surface area (Å²) in [6.07, 6.45) is 1.62. The van der Waals surface area contributed by atoms with Crippen LogP contribution >= 0.6 is 0 Å². The summed E-state index contributed by atoms with van der Waals surface area (Å²) in [7, 11) is 1.64. The maximum atomic E-state index is 12.7. The van der Waals surface area contributed by atoms with E-state index in [-0.39, 0.29) is 12.0 Å². The first-order chi connectivity index (χ1) is 14.7. The van der Waals surface area contributed by atoms with E-state index in [0.29, 0.717) is 32.0 Å². The molecule has 0 fully saturated rings. The molecule has 1 N–H and O–H groups in total. The molecule has 0 radical (unpaired) electrons. The molecule has 7 nitrogen and oxygen atoms in total. The number of carbonyl (C=O) groups excluding carboxylic acids is 1. The molecule has 4 rings (SSSR count). The average Bonchev–Trinajstić information content (AvgIpc) is 3.21. The molecule has 0 bridgehead atoms. The number of hydrogen-bond donors (Lipinski definition) is 1. The molecular formula is C23H25N3O4. The van der Waals surface area contributed by atoms with Crippen molar-refractivity contribution >= 4 is 5.91 Å². The Hall–Kier alpha value is -3.32. The summed E-state index contributed by atoms with van der Waals surface area (Å²) < 4.78 is 18.7. The van der Waals surface area contributed by atoms with Crippen LogP contribution in [-0.2, 0) is 24.4 Å². The Morgan fingerprint density at radius 3 is 2.83 bits per heavy atom. The monoisotopic (exact) mass is 407 g/mol. The van der Waals surface area contributed by atoms with Gasteiger partial charge in [-0.15, -0.1) is 0 Å². The first-order valence-corrected chi connectivity index (χ1v) is 9.97. The summed E-state index contributed by atoms with van der Waals surface area (Å²) in [6, 6.07) is 15.5. The van der Waals surface area contributed by atoms with Gasteiger partial charge in [0.15, 0.2) is 5.69 Å². The predicted octanol–water partition coefficient (Wildman–Crippen LogP) is 3.49. The fourth-order valence-electron chi connectivity index (χ4n) is 3.51. The Morgan fingerprint density at radius 1 is 1.23 bits per heavy atom. The van der Waals surface area contributed by atoms with Gasteiger partial charge in [0.2, 0.25) is 0 Å². The highest BCUT2D eigenvalue weighted by Gasteiger charge is 2.26. The van der Waals surface area contributed by atoms with Gasteiger partial charge in [0, 0.05) is 6.54 Å². The highest BCUT2D eigenvalue weighted by Crippen LogP contribution is 2.28. The van der Waals surface area contributed by atoms with Crippen LogP contribution in [0.3, 0.4) is 0 Å². The molecule has 0 saturated carbocycles. The normalized spacial score (nSPS) is 15.3. The van der Waals surface area contributed by atoms with Crippen LogP contribution in [0.25, 0.3) is 0 Å². The van der Waals surface area contributed by atoms with E-state index < -0.39 is 0 Å². The van der Waals surface area contributed by atoms with Crippen molar-refractivity contribution in [3.8, 4) is 11.5 Å². The van der Waals surface area contributed by atoms with Crippen LogP contribution in [0.4, 0.5) is 0 Å². The highest BCUT2D eigenvalue weighted by molar-refractivity contribution is 5.93. The van der Waals surface area contributed by atoms with Crippen molar-refractivity contribution in [3.63, 3.8) is 0 Å². The Labute approximate surface area is 175 Å². The lowest BCUT2D eigenvalue weighted by atomic mass is 10.1. The van der Waals surface area contributed by atoms with E-state index in [9.17, 15) is 4.79 Å². The smallest absolute Gasteiger partial charge is 0.272 e. The van der Waals surface area contributed by atoms with E-state index in [1.54, 1.807) is 13.4 Å². The molecule has 2 heterocycles. The molecule has 1 aliphatic heterocycles. The summed E-state index contributed by atoms with van der Waals surface area (Å²) in [4.78, 5) is 17.0. The number of fused-ring (bicyclic) bond motifs is 1. The van der Waals surface area contributed by atoms with Crippen molar-refractivity contribution in [2.45, 2.75) is 32.7 Å². The number of benzene rings is 2. The van der Waals surface area contributed by atoms with Crippen LogP contribution in [0, 0.1) is 0 Å². The third-order valence-corrected chi connectivity index (χ3v) is 5.10. The molecule has 1 atom stereocenters. The number of aromatic nitrogens is 2. The molecule has 0 spiro atoms. The molecule has 3 aromatic rings. The fraction of sp³-hybridized carbons (Fsp3) is 0.304. The van der Waals surface area contributed by atoms with Gasteiger partial charge in [0.1, 0.15) is 17.6 Å². The molecular weight excluding hydrogens is 382 g/mol. The maximum absolute atomic E-state index is 12.7. The van der Waals surface area contributed by atoms with Gasteiger partial charge in [-0.2, -0.15) is 0 Å². The van der Waals surface area contributed by atoms with Crippen LogP contribution in [0.1, 0.15) is 40.3 Å². The molecule has 1 aromatic heterocycles. The minimum atomic E-state index is -0.211. The van der Waals surface area contributed by atoms with Crippen molar-refractivity contribution < 1.29 is 19.0 Å². The molecule has 156 valence electrons. The van der Waals surface area contributed by atoms with E-state index in [0.717, 1.165) is 28.3 Å². The quantitative estimate of drug-likeness (QED) is 0.649. The molecule has 0 saturated heterocycles. The number of ether oxygens (including phenoxy) is 3. The first-order valence-electron chi connectivity index (χ1n) is 9.97. The number of carbonyl (C=O) groups is 1. The van der Waals surface area contributed by atoms with E-state index >= 15 is 0 Å². The summed E-state index contributed by atoms with van der Waals surface area (Å²) in [5, 5.41) is 2.94. The topological polar surface area (TPSA) is 74.6 Å². The third-order valence-electron chi connectivity index (χ3n) is 5.10. The van der Waals surface area contributed by atoms with Crippen LogP contribution in [0.2, 0.25) is 0 Å². The van der Waals surface area contributed by atoms with Crippen molar-refractivity contribution in [2.75, 3.05) is 13.7 Å². The standard InChI is InChI=1S/C23H25N3O4/c1-3-29-19-6-4-5-16(11-19)12-24-23(27)22-20-14-30-21(13-26(20)15-25-22)17-7-9-18(28-2)10-8-17/h4-11,15,21H,3,12-14H2,1-2H3,(H,24,27). The molecule has 1 aliphatic rings. The zero-order valence-corrected chi connectivity index (χ0v) is 17.1. The molecule has 1 amide bonds. The second-order valence-corrected chi connectivity index (χ2v) is 7.03. The Bertz CT molecular complexity index is 1010. The molecule has 30 heavy (non-hydrogen) atoms. The lowest BCUT2D eigenvalue weighted by molar-refractivity contribution is 0.00255. The summed E-state index contributed by atoms with van der Waals surface area (Å²) in [6.45, 7) is 3.89. The second-order valence-electron chi connectivity index (χ2n) is 7.03. The number of imidazole rings is 1. The van der Waals surface area contributed by atoms with Crippen LogP contribution in [0.15, 0.2) is 54.9 Å². The summed E-state index contributed by atoms with van der Waals surface area (Å²) in [5.74, 6) is 1.39. The minimum Gasteiger partial charge on any atom is -0.497 e. The number of amides is 1. The first kappa shape index (κ1) is 20.0. The largest absolute Gasteiger partial charge is 0.497 e. The number of hydrogen-bond acceptors (Lipinski definition) is 5. The van der Waals surface area contributed by atoms with Gasteiger partial charge in [-0.3, -0.25) is 4.79 Å². The number of nitrogens with one attached hydrogen (secondary N) is 1.